The van der Waals surface area contributed by atoms with E-state index in [0.29, 0.717) is 22.7 Å². The molecule has 8 heteroatoms. The first-order valence-electron chi connectivity index (χ1n) is 9.57. The van der Waals surface area contributed by atoms with Crippen LogP contribution in [0.25, 0.3) is 6.08 Å². The van der Waals surface area contributed by atoms with Crippen molar-refractivity contribution in [2.75, 3.05) is 23.9 Å². The molecule has 1 aliphatic rings. The van der Waals surface area contributed by atoms with Crippen molar-refractivity contribution in [3.63, 3.8) is 0 Å². The van der Waals surface area contributed by atoms with Gasteiger partial charge in [0.25, 0.3) is 5.91 Å². The number of rotatable bonds is 5. The number of nitriles is 1. The molecule has 0 unspecified atom stereocenters. The summed E-state index contributed by atoms with van der Waals surface area (Å²) in [4.78, 5) is 38.7. The lowest BCUT2D eigenvalue weighted by atomic mass is 10.1. The van der Waals surface area contributed by atoms with E-state index in [9.17, 15) is 19.6 Å². The van der Waals surface area contributed by atoms with Crippen LogP contribution in [-0.2, 0) is 19.1 Å². The van der Waals surface area contributed by atoms with E-state index in [1.807, 2.05) is 0 Å². The van der Waals surface area contributed by atoms with Gasteiger partial charge in [0.05, 0.1) is 18.5 Å². The molecule has 2 aromatic rings. The van der Waals surface area contributed by atoms with Crippen LogP contribution in [0.2, 0.25) is 0 Å². The number of nitrogens with one attached hydrogen (secondary N) is 1. The summed E-state index contributed by atoms with van der Waals surface area (Å²) in [5, 5.41) is 12.1. The van der Waals surface area contributed by atoms with E-state index in [-0.39, 0.29) is 17.9 Å². The smallest absolute Gasteiger partial charge is 0.349 e. The monoisotopic (exact) mass is 419 g/mol. The molecule has 0 bridgehead atoms. The number of nitrogens with zero attached hydrogens (tertiary/aromatic N) is 2. The predicted molar refractivity (Wildman–Crippen MR) is 114 cm³/mol. The van der Waals surface area contributed by atoms with Crippen molar-refractivity contribution in [1.82, 2.24) is 0 Å². The first-order valence-corrected chi connectivity index (χ1v) is 9.57. The number of para-hydroxylation sites is 2. The SMILES string of the molecule is COc1cccc(/C=C(\C#N)C(=O)OCC(=O)N2c3ccccc3NC(=O)C[C@H]2C)c1. The van der Waals surface area contributed by atoms with Crippen molar-refractivity contribution in [3.05, 3.63) is 59.7 Å². The quantitative estimate of drug-likeness (QED) is 0.453. The van der Waals surface area contributed by atoms with Gasteiger partial charge in [0, 0.05) is 12.5 Å². The molecule has 0 aliphatic carbocycles. The minimum absolute atomic E-state index is 0.105. The first-order chi connectivity index (χ1) is 14.9. The van der Waals surface area contributed by atoms with E-state index in [1.165, 1.54) is 18.1 Å². The summed E-state index contributed by atoms with van der Waals surface area (Å²) in [5.74, 6) is -1.04. The fourth-order valence-electron chi connectivity index (χ4n) is 3.28. The molecule has 8 nitrogen and oxygen atoms in total. The minimum atomic E-state index is -0.913. The molecule has 31 heavy (non-hydrogen) atoms. The molecule has 158 valence electrons. The summed E-state index contributed by atoms with van der Waals surface area (Å²) in [5.41, 5.74) is 1.36. The van der Waals surface area contributed by atoms with Gasteiger partial charge in [0.1, 0.15) is 17.4 Å². The molecule has 0 fully saturated rings. The number of hydrogen-bond acceptors (Lipinski definition) is 6. The van der Waals surface area contributed by atoms with E-state index >= 15 is 0 Å². The summed E-state index contributed by atoms with van der Waals surface area (Å²) in [6.45, 7) is 1.17. The lowest BCUT2D eigenvalue weighted by molar-refractivity contribution is -0.143. The maximum Gasteiger partial charge on any atom is 0.349 e. The fourth-order valence-corrected chi connectivity index (χ4v) is 3.28. The maximum absolute atomic E-state index is 12.9. The third-order valence-electron chi connectivity index (χ3n) is 4.70. The summed E-state index contributed by atoms with van der Waals surface area (Å²) in [7, 11) is 1.51. The van der Waals surface area contributed by atoms with Crippen LogP contribution in [0.15, 0.2) is 54.1 Å². The Hall–Kier alpha value is -4.12. The average molecular weight is 419 g/mol. The number of ether oxygens (including phenoxy) is 2. The van der Waals surface area contributed by atoms with Gasteiger partial charge in [-0.3, -0.25) is 9.59 Å². The largest absolute Gasteiger partial charge is 0.497 e. The summed E-state index contributed by atoms with van der Waals surface area (Å²) < 4.78 is 10.2. The Kier molecular flexibility index (Phi) is 6.67. The van der Waals surface area contributed by atoms with Crippen molar-refractivity contribution in [2.45, 2.75) is 19.4 Å². The van der Waals surface area contributed by atoms with Gasteiger partial charge in [0.2, 0.25) is 5.91 Å². The Bertz CT molecular complexity index is 1090. The van der Waals surface area contributed by atoms with E-state index in [0.717, 1.165) is 0 Å². The van der Waals surface area contributed by atoms with Crippen molar-refractivity contribution in [3.8, 4) is 11.8 Å². The molecule has 0 saturated carbocycles. The number of carbonyl (C=O) groups is 3. The normalized spacial score (nSPS) is 15.8. The average Bonchev–Trinajstić information content (AvgIpc) is 2.89. The van der Waals surface area contributed by atoms with Gasteiger partial charge in [-0.2, -0.15) is 5.26 Å². The lowest BCUT2D eigenvalue weighted by Gasteiger charge is -2.27. The summed E-state index contributed by atoms with van der Waals surface area (Å²) in [6, 6.07) is 15.1. The molecular formula is C23H21N3O5. The Balaban J connectivity index is 1.74. The van der Waals surface area contributed by atoms with Gasteiger partial charge < -0.3 is 19.7 Å². The van der Waals surface area contributed by atoms with Crippen molar-refractivity contribution in [2.24, 2.45) is 0 Å². The van der Waals surface area contributed by atoms with E-state index < -0.39 is 24.5 Å². The van der Waals surface area contributed by atoms with Crippen LogP contribution in [0.4, 0.5) is 11.4 Å². The molecule has 0 aromatic heterocycles. The molecular weight excluding hydrogens is 398 g/mol. The number of benzene rings is 2. The number of fused-ring (bicyclic) bond motifs is 1. The highest BCUT2D eigenvalue weighted by Crippen LogP contribution is 2.31. The molecule has 2 aromatic carbocycles. The third kappa shape index (κ3) is 5.08. The highest BCUT2D eigenvalue weighted by molar-refractivity contribution is 6.06. The molecule has 3 rings (SSSR count). The lowest BCUT2D eigenvalue weighted by Crippen LogP contribution is -2.41. The molecule has 1 atom stereocenters. The Morgan fingerprint density at radius 2 is 2.03 bits per heavy atom. The topological polar surface area (TPSA) is 109 Å². The molecule has 1 heterocycles. The van der Waals surface area contributed by atoms with Crippen molar-refractivity contribution in [1.29, 1.82) is 5.26 Å². The van der Waals surface area contributed by atoms with E-state index in [4.69, 9.17) is 9.47 Å². The zero-order chi connectivity index (χ0) is 22.4. The van der Waals surface area contributed by atoms with Crippen LogP contribution in [0.3, 0.4) is 0 Å². The number of hydrogen-bond donors (Lipinski definition) is 1. The van der Waals surface area contributed by atoms with Crippen LogP contribution >= 0.6 is 0 Å². The minimum Gasteiger partial charge on any atom is -0.497 e. The van der Waals surface area contributed by atoms with Crippen molar-refractivity contribution >= 4 is 35.2 Å². The maximum atomic E-state index is 12.9. The summed E-state index contributed by atoms with van der Waals surface area (Å²) in [6.07, 6.45) is 1.47. The standard InChI is InChI=1S/C23H21N3O5/c1-15-10-21(27)25-19-8-3-4-9-20(19)26(15)22(28)14-31-23(29)17(13-24)11-16-6-5-7-18(12-16)30-2/h3-9,11-12,15H,10,14H2,1-2H3,(H,25,27)/b17-11+/t15-/m1/s1. The van der Waals surface area contributed by atoms with E-state index in [2.05, 4.69) is 5.32 Å². The molecule has 2 amide bonds. The second-order valence-electron chi connectivity index (χ2n) is 6.90. The molecule has 0 radical (unpaired) electrons. The Labute approximate surface area is 179 Å². The Morgan fingerprint density at radius 1 is 1.26 bits per heavy atom. The van der Waals surface area contributed by atoms with Gasteiger partial charge in [-0.05, 0) is 42.8 Å². The number of esters is 1. The predicted octanol–water partition coefficient (Wildman–Crippen LogP) is 2.91. The van der Waals surface area contributed by atoms with Gasteiger partial charge in [0.15, 0.2) is 6.61 Å². The van der Waals surface area contributed by atoms with Gasteiger partial charge >= 0.3 is 5.97 Å². The first kappa shape index (κ1) is 21.6. The van der Waals surface area contributed by atoms with Gasteiger partial charge in [-0.15, -0.1) is 0 Å². The highest BCUT2D eigenvalue weighted by atomic mass is 16.5. The Morgan fingerprint density at radius 3 is 2.77 bits per heavy atom. The van der Waals surface area contributed by atoms with Crippen LogP contribution in [-0.4, -0.2) is 37.5 Å². The highest BCUT2D eigenvalue weighted by Gasteiger charge is 2.30. The fraction of sp³-hybridized carbons (Fsp3) is 0.217. The number of anilines is 2. The molecule has 0 spiro atoms. The van der Waals surface area contributed by atoms with E-state index in [1.54, 1.807) is 61.5 Å². The van der Waals surface area contributed by atoms with Crippen LogP contribution in [0.1, 0.15) is 18.9 Å². The van der Waals surface area contributed by atoms with Gasteiger partial charge in [-0.25, -0.2) is 4.79 Å². The van der Waals surface area contributed by atoms with Crippen molar-refractivity contribution < 1.29 is 23.9 Å². The van der Waals surface area contributed by atoms with Crippen LogP contribution in [0, 0.1) is 11.3 Å². The van der Waals surface area contributed by atoms with Crippen LogP contribution in [0.5, 0.6) is 5.75 Å². The number of methoxy groups -OCH3 is 1. The third-order valence-corrected chi connectivity index (χ3v) is 4.70. The van der Waals surface area contributed by atoms with Crippen LogP contribution < -0.4 is 15.0 Å². The molecule has 1 N–H and O–H groups in total. The number of carbonyl (C=O) groups excluding carboxylic acids is 3. The summed E-state index contributed by atoms with van der Waals surface area (Å²) >= 11 is 0. The van der Waals surface area contributed by atoms with Gasteiger partial charge in [-0.1, -0.05) is 24.3 Å². The second kappa shape index (κ2) is 9.59. The second-order valence-corrected chi connectivity index (χ2v) is 6.90. The zero-order valence-corrected chi connectivity index (χ0v) is 17.1. The molecule has 0 saturated heterocycles. The zero-order valence-electron chi connectivity index (χ0n) is 17.1. The molecule has 1 aliphatic heterocycles. The number of amides is 2.